The third kappa shape index (κ3) is 4.90. The molecule has 2 unspecified atom stereocenters. The van der Waals surface area contributed by atoms with E-state index in [0.29, 0.717) is 19.4 Å². The third-order valence-corrected chi connectivity index (χ3v) is 4.14. The summed E-state index contributed by atoms with van der Waals surface area (Å²) in [7, 11) is 0. The van der Waals surface area contributed by atoms with E-state index in [9.17, 15) is 23.2 Å². The molecule has 2 atom stereocenters. The lowest BCUT2D eigenvalue weighted by atomic mass is 9.96. The van der Waals surface area contributed by atoms with Gasteiger partial charge in [0.25, 0.3) is 5.91 Å². The summed E-state index contributed by atoms with van der Waals surface area (Å²) in [6, 6.07) is 4.65. The van der Waals surface area contributed by atoms with Crippen molar-refractivity contribution in [2.45, 2.75) is 32.4 Å². The number of aliphatic carboxylic acids is 1. The Kier molecular flexibility index (Phi) is 6.48. The van der Waals surface area contributed by atoms with Gasteiger partial charge in [0.2, 0.25) is 5.91 Å². The number of alkyl halides is 2. The molecule has 1 aromatic carbocycles. The Labute approximate surface area is 148 Å². The van der Waals surface area contributed by atoms with E-state index in [-0.39, 0.29) is 17.9 Å². The molecule has 0 aliphatic carbocycles. The summed E-state index contributed by atoms with van der Waals surface area (Å²) < 4.78 is 29.4. The third-order valence-electron chi connectivity index (χ3n) is 4.14. The molecule has 1 aliphatic rings. The molecule has 0 bridgehead atoms. The first kappa shape index (κ1) is 19.6. The van der Waals surface area contributed by atoms with Gasteiger partial charge in [0.15, 0.2) is 0 Å². The molecule has 2 N–H and O–H groups in total. The zero-order valence-corrected chi connectivity index (χ0v) is 14.2. The molecule has 26 heavy (non-hydrogen) atoms. The second-order valence-electron chi connectivity index (χ2n) is 6.03. The number of nitrogens with zero attached hydrogens (tertiary/aromatic N) is 1. The van der Waals surface area contributed by atoms with Gasteiger partial charge in [0.1, 0.15) is 11.8 Å². The van der Waals surface area contributed by atoms with E-state index in [1.54, 1.807) is 0 Å². The number of piperidine rings is 1. The molecule has 2 rings (SSSR count). The Morgan fingerprint density at radius 3 is 2.65 bits per heavy atom. The average Bonchev–Trinajstić information content (AvgIpc) is 2.61. The first-order valence-corrected chi connectivity index (χ1v) is 8.16. The van der Waals surface area contributed by atoms with E-state index in [4.69, 9.17) is 5.11 Å². The van der Waals surface area contributed by atoms with Crippen LogP contribution in [0.25, 0.3) is 0 Å². The lowest BCUT2D eigenvalue weighted by molar-refractivity contribution is -0.142. The highest BCUT2D eigenvalue weighted by molar-refractivity contribution is 5.97. The molecular weight excluding hydrogens is 350 g/mol. The second-order valence-corrected chi connectivity index (χ2v) is 6.03. The van der Waals surface area contributed by atoms with Crippen molar-refractivity contribution in [1.29, 1.82) is 0 Å². The molecule has 142 valence electrons. The Morgan fingerprint density at radius 2 is 2.00 bits per heavy atom. The average molecular weight is 370 g/mol. The number of para-hydroxylation sites is 1. The van der Waals surface area contributed by atoms with Crippen LogP contribution in [-0.4, -0.2) is 53.5 Å². The van der Waals surface area contributed by atoms with Crippen molar-refractivity contribution in [3.8, 4) is 5.75 Å². The minimum atomic E-state index is -3.05. The maximum absolute atomic E-state index is 12.7. The van der Waals surface area contributed by atoms with Crippen molar-refractivity contribution in [3.63, 3.8) is 0 Å². The monoisotopic (exact) mass is 370 g/mol. The number of benzene rings is 1. The van der Waals surface area contributed by atoms with Crippen molar-refractivity contribution in [2.24, 2.45) is 5.92 Å². The molecule has 9 heteroatoms. The highest BCUT2D eigenvalue weighted by Crippen LogP contribution is 2.25. The normalized spacial score (nSPS) is 18.3. The fraction of sp³-hybridized carbons (Fsp3) is 0.471. The standard InChI is InChI=1S/C17H20F2N2O5/c1-10(16(24)25)20-14(22)11-5-4-8-21(9-11)15(23)12-6-2-3-7-13(12)26-17(18)19/h2-3,6-7,10-11,17H,4-5,8-9H2,1H3,(H,20,22)(H,24,25). The van der Waals surface area contributed by atoms with Crippen molar-refractivity contribution in [1.82, 2.24) is 10.2 Å². The van der Waals surface area contributed by atoms with Crippen LogP contribution in [-0.2, 0) is 9.59 Å². The lowest BCUT2D eigenvalue weighted by Gasteiger charge is -2.32. The van der Waals surface area contributed by atoms with E-state index >= 15 is 0 Å². The summed E-state index contributed by atoms with van der Waals surface area (Å²) in [5.41, 5.74) is -0.00670. The van der Waals surface area contributed by atoms with Gasteiger partial charge in [-0.15, -0.1) is 0 Å². The van der Waals surface area contributed by atoms with Crippen LogP contribution < -0.4 is 10.1 Å². The van der Waals surface area contributed by atoms with E-state index in [1.165, 1.54) is 36.1 Å². The van der Waals surface area contributed by atoms with Gasteiger partial charge < -0.3 is 20.1 Å². The SMILES string of the molecule is CC(NC(=O)C1CCCN(C(=O)c2ccccc2OC(F)F)C1)C(=O)O. The number of carboxylic acids is 1. The Bertz CT molecular complexity index is 683. The maximum Gasteiger partial charge on any atom is 0.387 e. The van der Waals surface area contributed by atoms with E-state index < -0.39 is 36.4 Å². The van der Waals surface area contributed by atoms with Crippen LogP contribution in [0.4, 0.5) is 8.78 Å². The number of ether oxygens (including phenoxy) is 1. The number of amides is 2. The number of rotatable bonds is 6. The molecule has 1 aliphatic heterocycles. The molecule has 0 aromatic heterocycles. The number of carboxylic acid groups (broad SMARTS) is 1. The van der Waals surface area contributed by atoms with Gasteiger partial charge in [-0.2, -0.15) is 8.78 Å². The first-order chi connectivity index (χ1) is 12.3. The maximum atomic E-state index is 12.7. The van der Waals surface area contributed by atoms with Crippen molar-refractivity contribution in [2.75, 3.05) is 13.1 Å². The molecule has 1 aromatic rings. The van der Waals surface area contributed by atoms with Gasteiger partial charge >= 0.3 is 12.6 Å². The predicted octanol–water partition coefficient (Wildman–Crippen LogP) is 1.73. The van der Waals surface area contributed by atoms with Gasteiger partial charge in [-0.1, -0.05) is 12.1 Å². The quantitative estimate of drug-likeness (QED) is 0.795. The molecule has 1 fully saturated rings. The molecule has 7 nitrogen and oxygen atoms in total. The fourth-order valence-corrected chi connectivity index (χ4v) is 2.78. The number of carbonyl (C=O) groups excluding carboxylic acids is 2. The van der Waals surface area contributed by atoms with Crippen LogP contribution in [0.3, 0.4) is 0 Å². The van der Waals surface area contributed by atoms with Gasteiger partial charge in [0, 0.05) is 13.1 Å². The van der Waals surface area contributed by atoms with Crippen molar-refractivity contribution >= 4 is 17.8 Å². The van der Waals surface area contributed by atoms with E-state index in [2.05, 4.69) is 10.1 Å². The van der Waals surface area contributed by atoms with Crippen LogP contribution in [0, 0.1) is 5.92 Å². The lowest BCUT2D eigenvalue weighted by Crippen LogP contribution is -2.48. The van der Waals surface area contributed by atoms with E-state index in [0.717, 1.165) is 0 Å². The second kappa shape index (κ2) is 8.59. The highest BCUT2D eigenvalue weighted by Gasteiger charge is 2.31. The van der Waals surface area contributed by atoms with Gasteiger partial charge in [-0.3, -0.25) is 14.4 Å². The molecule has 0 saturated carbocycles. The van der Waals surface area contributed by atoms with Crippen LogP contribution in [0.1, 0.15) is 30.1 Å². The Balaban J connectivity index is 2.08. The number of carbonyl (C=O) groups is 3. The molecule has 0 spiro atoms. The van der Waals surface area contributed by atoms with Crippen LogP contribution in [0.2, 0.25) is 0 Å². The highest BCUT2D eigenvalue weighted by atomic mass is 19.3. The van der Waals surface area contributed by atoms with Crippen LogP contribution in [0.5, 0.6) is 5.75 Å². The smallest absolute Gasteiger partial charge is 0.387 e. The molecular formula is C17H20F2N2O5. The predicted molar refractivity (Wildman–Crippen MR) is 86.9 cm³/mol. The minimum absolute atomic E-state index is 0.00670. The molecule has 1 heterocycles. The van der Waals surface area contributed by atoms with Crippen LogP contribution in [0.15, 0.2) is 24.3 Å². The summed E-state index contributed by atoms with van der Waals surface area (Å²) in [6.45, 7) is -1.24. The fourth-order valence-electron chi connectivity index (χ4n) is 2.78. The largest absolute Gasteiger partial charge is 0.480 e. The summed E-state index contributed by atoms with van der Waals surface area (Å²) in [5.74, 6) is -2.89. The Morgan fingerprint density at radius 1 is 1.31 bits per heavy atom. The number of hydrogen-bond donors (Lipinski definition) is 2. The molecule has 0 radical (unpaired) electrons. The topological polar surface area (TPSA) is 95.9 Å². The number of halogens is 2. The van der Waals surface area contributed by atoms with Crippen molar-refractivity contribution in [3.05, 3.63) is 29.8 Å². The van der Waals surface area contributed by atoms with Gasteiger partial charge in [-0.25, -0.2) is 0 Å². The molecule has 1 saturated heterocycles. The van der Waals surface area contributed by atoms with Crippen LogP contribution >= 0.6 is 0 Å². The minimum Gasteiger partial charge on any atom is -0.480 e. The number of nitrogens with one attached hydrogen (secondary N) is 1. The summed E-state index contributed by atoms with van der Waals surface area (Å²) in [6.07, 6.45) is 1.06. The number of hydrogen-bond acceptors (Lipinski definition) is 4. The van der Waals surface area contributed by atoms with Gasteiger partial charge in [-0.05, 0) is 31.9 Å². The van der Waals surface area contributed by atoms with Crippen molar-refractivity contribution < 1.29 is 33.0 Å². The zero-order valence-electron chi connectivity index (χ0n) is 14.2. The van der Waals surface area contributed by atoms with E-state index in [1.807, 2.05) is 0 Å². The summed E-state index contributed by atoms with van der Waals surface area (Å²) >= 11 is 0. The summed E-state index contributed by atoms with van der Waals surface area (Å²) in [4.78, 5) is 37.1. The first-order valence-electron chi connectivity index (χ1n) is 8.16. The van der Waals surface area contributed by atoms with Gasteiger partial charge in [0.05, 0.1) is 11.5 Å². The zero-order chi connectivity index (χ0) is 19.3. The summed E-state index contributed by atoms with van der Waals surface area (Å²) in [5, 5.41) is 11.3. The Hall–Kier alpha value is -2.71. The molecule has 2 amide bonds. The number of likely N-dealkylation sites (tertiary alicyclic amines) is 1.